The van der Waals surface area contributed by atoms with E-state index >= 15 is 0 Å². The van der Waals surface area contributed by atoms with Crippen LogP contribution in [-0.4, -0.2) is 78.5 Å². The molecule has 0 radical (unpaired) electrons. The number of hydrogen-bond donors (Lipinski definition) is 2. The Hall–Kier alpha value is -3.30. The van der Waals surface area contributed by atoms with Crippen molar-refractivity contribution in [2.24, 2.45) is 10.9 Å². The molecular formula is C20H26N4O6. The van der Waals surface area contributed by atoms with Crippen molar-refractivity contribution in [1.29, 1.82) is 0 Å². The quantitative estimate of drug-likeness (QED) is 0.386. The van der Waals surface area contributed by atoms with E-state index in [1.807, 2.05) is 4.90 Å². The van der Waals surface area contributed by atoms with Crippen LogP contribution in [0.1, 0.15) is 25.5 Å². The fraction of sp³-hybridized carbons (Fsp3) is 0.500. The van der Waals surface area contributed by atoms with E-state index in [4.69, 9.17) is 9.47 Å². The van der Waals surface area contributed by atoms with Crippen molar-refractivity contribution in [3.05, 3.63) is 23.8 Å². The number of carbonyl (C=O) groups is 3. The summed E-state index contributed by atoms with van der Waals surface area (Å²) in [6, 6.07) is 3.81. The summed E-state index contributed by atoms with van der Waals surface area (Å²) in [5.41, 5.74) is 0.549. The topological polar surface area (TPSA) is 121 Å². The number of phenols is 1. The number of guanidine groups is 1. The van der Waals surface area contributed by atoms with Crippen LogP contribution in [0.2, 0.25) is 0 Å². The molecule has 3 rings (SSSR count). The zero-order chi connectivity index (χ0) is 21.7. The molecule has 1 aromatic carbocycles. The second-order valence-electron chi connectivity index (χ2n) is 6.91. The minimum Gasteiger partial charge on any atom is -0.504 e. The van der Waals surface area contributed by atoms with E-state index in [9.17, 15) is 19.5 Å². The van der Waals surface area contributed by atoms with E-state index in [0.29, 0.717) is 44.3 Å². The number of hydrogen-bond acceptors (Lipinski definition) is 8. The van der Waals surface area contributed by atoms with Crippen LogP contribution < -0.4 is 10.1 Å². The molecule has 162 valence electrons. The second kappa shape index (κ2) is 9.47. The van der Waals surface area contributed by atoms with Crippen molar-refractivity contribution >= 4 is 24.2 Å². The highest BCUT2D eigenvalue weighted by Gasteiger charge is 2.42. The number of benzene rings is 1. The first kappa shape index (κ1) is 21.4. The van der Waals surface area contributed by atoms with Crippen molar-refractivity contribution in [3.8, 4) is 11.5 Å². The summed E-state index contributed by atoms with van der Waals surface area (Å²) >= 11 is 0. The van der Waals surface area contributed by atoms with Gasteiger partial charge in [-0.2, -0.15) is 0 Å². The Morgan fingerprint density at radius 3 is 2.63 bits per heavy atom. The predicted molar refractivity (Wildman–Crippen MR) is 107 cm³/mol. The van der Waals surface area contributed by atoms with Gasteiger partial charge in [0.15, 0.2) is 17.4 Å². The Labute approximate surface area is 174 Å². The Morgan fingerprint density at radius 2 is 2.00 bits per heavy atom. The van der Waals surface area contributed by atoms with Gasteiger partial charge in [-0.05, 0) is 31.5 Å². The van der Waals surface area contributed by atoms with Crippen LogP contribution in [-0.2, 0) is 19.1 Å². The standard InChI is InChI=1S/C20H26N4O6/c1-3-29-15-11-13(5-6-14(15)26)17-16(19(28)30-4-2)18(27)22-20(21-17)24-9-7-23(12-25)8-10-24/h5-6,11-12,16-17,26H,3-4,7-10H2,1-2H3,(H,21,22,27). The highest BCUT2D eigenvalue weighted by Crippen LogP contribution is 2.36. The Balaban J connectivity index is 1.96. The fourth-order valence-electron chi connectivity index (χ4n) is 3.49. The number of aromatic hydroxyl groups is 1. The van der Waals surface area contributed by atoms with Crippen LogP contribution in [0.5, 0.6) is 11.5 Å². The predicted octanol–water partition coefficient (Wildman–Crippen LogP) is 0.271. The third-order valence-corrected chi connectivity index (χ3v) is 5.02. The molecule has 10 nitrogen and oxygen atoms in total. The fourth-order valence-corrected chi connectivity index (χ4v) is 3.49. The van der Waals surface area contributed by atoms with E-state index in [-0.39, 0.29) is 18.1 Å². The lowest BCUT2D eigenvalue weighted by molar-refractivity contribution is -0.153. The van der Waals surface area contributed by atoms with Crippen LogP contribution >= 0.6 is 0 Å². The van der Waals surface area contributed by atoms with Gasteiger partial charge in [-0.3, -0.25) is 19.7 Å². The molecule has 10 heteroatoms. The van der Waals surface area contributed by atoms with Gasteiger partial charge >= 0.3 is 5.97 Å². The molecule has 1 aromatic rings. The number of carbonyl (C=O) groups excluding carboxylic acids is 3. The number of piperazine rings is 1. The third kappa shape index (κ3) is 4.47. The van der Waals surface area contributed by atoms with E-state index < -0.39 is 23.8 Å². The first-order valence-electron chi connectivity index (χ1n) is 9.93. The Kier molecular flexibility index (Phi) is 6.76. The molecule has 2 N–H and O–H groups in total. The number of ether oxygens (including phenoxy) is 2. The monoisotopic (exact) mass is 418 g/mol. The Bertz CT molecular complexity index is 835. The second-order valence-corrected chi connectivity index (χ2v) is 6.91. The van der Waals surface area contributed by atoms with Crippen molar-refractivity contribution in [2.75, 3.05) is 39.4 Å². The van der Waals surface area contributed by atoms with Crippen molar-refractivity contribution in [2.45, 2.75) is 19.9 Å². The number of nitrogens with one attached hydrogen (secondary N) is 1. The van der Waals surface area contributed by atoms with Crippen molar-refractivity contribution < 1.29 is 29.0 Å². The molecule has 2 aliphatic heterocycles. The van der Waals surface area contributed by atoms with Crippen molar-refractivity contribution in [1.82, 2.24) is 15.1 Å². The molecule has 0 saturated carbocycles. The number of aliphatic imine (C=N–C) groups is 1. The zero-order valence-corrected chi connectivity index (χ0v) is 17.0. The maximum Gasteiger partial charge on any atom is 0.321 e. The van der Waals surface area contributed by atoms with Crippen LogP contribution in [0.25, 0.3) is 0 Å². The molecule has 1 saturated heterocycles. The van der Waals surface area contributed by atoms with Gasteiger partial charge < -0.3 is 24.4 Å². The van der Waals surface area contributed by atoms with Gasteiger partial charge in [0.1, 0.15) is 6.04 Å². The van der Waals surface area contributed by atoms with E-state index in [2.05, 4.69) is 10.3 Å². The average Bonchev–Trinajstić information content (AvgIpc) is 2.75. The number of amides is 2. The molecule has 30 heavy (non-hydrogen) atoms. The number of nitrogens with zero attached hydrogens (tertiary/aromatic N) is 3. The average molecular weight is 418 g/mol. The summed E-state index contributed by atoms with van der Waals surface area (Å²) in [5, 5.41) is 12.7. The van der Waals surface area contributed by atoms with Crippen LogP contribution in [0.4, 0.5) is 0 Å². The van der Waals surface area contributed by atoms with Crippen LogP contribution in [0, 0.1) is 5.92 Å². The SMILES string of the molecule is CCOC(=O)C1C(=O)NC(N2CCN(C=O)CC2)=NC1c1ccc(O)c(OCC)c1. The molecule has 2 unspecified atom stereocenters. The summed E-state index contributed by atoms with van der Waals surface area (Å²) in [4.78, 5) is 44.5. The van der Waals surface area contributed by atoms with E-state index in [1.165, 1.54) is 6.07 Å². The molecule has 2 atom stereocenters. The third-order valence-electron chi connectivity index (χ3n) is 5.02. The summed E-state index contributed by atoms with van der Waals surface area (Å²) in [6.45, 7) is 5.98. The zero-order valence-electron chi connectivity index (χ0n) is 17.0. The highest BCUT2D eigenvalue weighted by atomic mass is 16.5. The van der Waals surface area contributed by atoms with Gasteiger partial charge in [-0.15, -0.1) is 0 Å². The number of phenolic OH excluding ortho intramolecular Hbond substituents is 1. The molecule has 0 aromatic heterocycles. The molecule has 0 bridgehead atoms. The van der Waals surface area contributed by atoms with Gasteiger partial charge in [-0.1, -0.05) is 6.07 Å². The molecule has 2 heterocycles. The van der Waals surface area contributed by atoms with Crippen LogP contribution in [0.15, 0.2) is 23.2 Å². The van der Waals surface area contributed by atoms with Gasteiger partial charge in [-0.25, -0.2) is 4.99 Å². The minimum atomic E-state index is -1.16. The van der Waals surface area contributed by atoms with E-state index in [0.717, 1.165) is 6.41 Å². The largest absolute Gasteiger partial charge is 0.504 e. The molecule has 1 fully saturated rings. The molecule has 0 aliphatic carbocycles. The van der Waals surface area contributed by atoms with Gasteiger partial charge in [0, 0.05) is 26.2 Å². The molecule has 2 aliphatic rings. The summed E-state index contributed by atoms with van der Waals surface area (Å²) in [6.07, 6.45) is 0.796. The smallest absolute Gasteiger partial charge is 0.321 e. The summed E-state index contributed by atoms with van der Waals surface area (Å²) in [5.74, 6) is -1.78. The highest BCUT2D eigenvalue weighted by molar-refractivity contribution is 6.08. The lowest BCUT2D eigenvalue weighted by Crippen LogP contribution is -2.57. The van der Waals surface area contributed by atoms with E-state index in [1.54, 1.807) is 30.9 Å². The Morgan fingerprint density at radius 1 is 1.27 bits per heavy atom. The first-order chi connectivity index (χ1) is 14.5. The van der Waals surface area contributed by atoms with Gasteiger partial charge in [0.05, 0.1) is 13.2 Å². The number of esters is 1. The lowest BCUT2D eigenvalue weighted by atomic mass is 9.91. The summed E-state index contributed by atoms with van der Waals surface area (Å²) < 4.78 is 10.5. The first-order valence-corrected chi connectivity index (χ1v) is 9.93. The maximum atomic E-state index is 12.9. The van der Waals surface area contributed by atoms with Gasteiger partial charge in [0.25, 0.3) is 0 Å². The molecular weight excluding hydrogens is 392 g/mol. The summed E-state index contributed by atoms with van der Waals surface area (Å²) in [7, 11) is 0. The van der Waals surface area contributed by atoms with Crippen LogP contribution in [0.3, 0.4) is 0 Å². The number of rotatable bonds is 6. The van der Waals surface area contributed by atoms with Gasteiger partial charge in [0.2, 0.25) is 18.3 Å². The normalized spacial score (nSPS) is 21.5. The molecule has 0 spiro atoms. The molecule has 2 amide bonds. The maximum absolute atomic E-state index is 12.9. The van der Waals surface area contributed by atoms with Crippen molar-refractivity contribution in [3.63, 3.8) is 0 Å². The lowest BCUT2D eigenvalue weighted by Gasteiger charge is -2.37. The minimum absolute atomic E-state index is 0.0391.